The molecular formula is C9H9ClO. The molecule has 0 heterocycles. The molecular weight excluding hydrogens is 160 g/mol. The average Bonchev–Trinajstić information content (AvgIpc) is 2.13. The van der Waals surface area contributed by atoms with Crippen LogP contribution in [-0.4, -0.2) is 5.78 Å². The Bertz CT molecular complexity index is 259. The summed E-state index contributed by atoms with van der Waals surface area (Å²) < 4.78 is 0. The molecule has 0 spiro atoms. The van der Waals surface area contributed by atoms with Crippen molar-refractivity contribution in [1.82, 2.24) is 0 Å². The van der Waals surface area contributed by atoms with E-state index in [4.69, 9.17) is 11.6 Å². The van der Waals surface area contributed by atoms with Crippen LogP contribution in [-0.2, 0) is 4.79 Å². The van der Waals surface area contributed by atoms with E-state index in [1.54, 1.807) is 25.2 Å². The van der Waals surface area contributed by atoms with Crippen molar-refractivity contribution in [2.45, 2.75) is 13.3 Å². The quantitative estimate of drug-likeness (QED) is 0.588. The van der Waals surface area contributed by atoms with Crippen LogP contribution in [0, 0.1) is 0 Å². The summed E-state index contributed by atoms with van der Waals surface area (Å²) in [6, 6.07) is 0. The highest BCUT2D eigenvalue weighted by molar-refractivity contribution is 6.31. The van der Waals surface area contributed by atoms with Crippen LogP contribution in [0.2, 0.25) is 0 Å². The van der Waals surface area contributed by atoms with Gasteiger partial charge in [0.15, 0.2) is 5.78 Å². The van der Waals surface area contributed by atoms with E-state index in [1.165, 1.54) is 0 Å². The van der Waals surface area contributed by atoms with Crippen molar-refractivity contribution in [3.8, 4) is 0 Å². The summed E-state index contributed by atoms with van der Waals surface area (Å²) in [6.45, 7) is 1.56. The fourth-order valence-corrected chi connectivity index (χ4v) is 1.02. The van der Waals surface area contributed by atoms with Crippen molar-refractivity contribution < 1.29 is 4.79 Å². The minimum atomic E-state index is 0.109. The number of carbonyl (C=O) groups excluding carboxylic acids is 1. The maximum Gasteiger partial charge on any atom is 0.156 e. The Hall–Kier alpha value is -0.820. The van der Waals surface area contributed by atoms with Crippen LogP contribution in [0.5, 0.6) is 0 Å². The first-order valence-corrected chi connectivity index (χ1v) is 3.82. The summed E-state index contributed by atoms with van der Waals surface area (Å²) in [6.07, 6.45) is 7.88. The van der Waals surface area contributed by atoms with Gasteiger partial charge in [0.1, 0.15) is 0 Å². The number of hydrogen-bond donors (Lipinski definition) is 0. The topological polar surface area (TPSA) is 17.1 Å². The van der Waals surface area contributed by atoms with Gasteiger partial charge < -0.3 is 0 Å². The van der Waals surface area contributed by atoms with Crippen LogP contribution in [0.4, 0.5) is 0 Å². The summed E-state index contributed by atoms with van der Waals surface area (Å²) in [5, 5.41) is 0.668. The predicted molar refractivity (Wildman–Crippen MR) is 46.5 cm³/mol. The number of Topliss-reactive ketones (excluding diaryl/α,β-unsaturated/α-hetero) is 1. The molecule has 0 radical (unpaired) electrons. The molecule has 1 aliphatic carbocycles. The van der Waals surface area contributed by atoms with Gasteiger partial charge in [-0.1, -0.05) is 23.8 Å². The molecule has 0 unspecified atom stereocenters. The highest BCUT2D eigenvalue weighted by Crippen LogP contribution is 2.13. The van der Waals surface area contributed by atoms with E-state index in [0.717, 1.165) is 5.57 Å². The Morgan fingerprint density at radius 1 is 1.55 bits per heavy atom. The maximum absolute atomic E-state index is 10.9. The number of hydrogen-bond acceptors (Lipinski definition) is 1. The molecule has 0 saturated heterocycles. The number of ketones is 1. The van der Waals surface area contributed by atoms with Gasteiger partial charge in [-0.2, -0.15) is 0 Å². The normalized spacial score (nSPS) is 16.9. The van der Waals surface area contributed by atoms with Crippen LogP contribution in [0.25, 0.3) is 0 Å². The number of halogens is 1. The van der Waals surface area contributed by atoms with Crippen molar-refractivity contribution in [2.75, 3.05) is 0 Å². The molecule has 0 atom stereocenters. The zero-order valence-electron chi connectivity index (χ0n) is 6.30. The number of rotatable bonds is 1. The Morgan fingerprint density at radius 2 is 2.27 bits per heavy atom. The smallest absolute Gasteiger partial charge is 0.156 e. The minimum absolute atomic E-state index is 0.109. The zero-order valence-corrected chi connectivity index (χ0v) is 7.06. The fraction of sp³-hybridized carbons (Fsp3) is 0.222. The Morgan fingerprint density at radius 3 is 2.91 bits per heavy atom. The molecule has 0 aliphatic heterocycles. The predicted octanol–water partition coefficient (Wildman–Crippen LogP) is 2.58. The first-order chi connectivity index (χ1) is 5.20. The monoisotopic (exact) mass is 168 g/mol. The molecule has 1 aliphatic rings. The molecule has 58 valence electrons. The zero-order chi connectivity index (χ0) is 8.27. The lowest BCUT2D eigenvalue weighted by Gasteiger charge is -1.93. The Labute approximate surface area is 71.0 Å². The second-order valence-electron chi connectivity index (χ2n) is 2.41. The summed E-state index contributed by atoms with van der Waals surface area (Å²) >= 11 is 5.71. The SMILES string of the molecule is CC(=O)C1=CC=C(Cl)C=CC1. The lowest BCUT2D eigenvalue weighted by molar-refractivity contribution is -0.113. The van der Waals surface area contributed by atoms with Gasteiger partial charge in [-0.15, -0.1) is 0 Å². The van der Waals surface area contributed by atoms with Gasteiger partial charge >= 0.3 is 0 Å². The third-order valence-corrected chi connectivity index (χ3v) is 1.76. The van der Waals surface area contributed by atoms with E-state index in [-0.39, 0.29) is 5.78 Å². The molecule has 0 N–H and O–H groups in total. The molecule has 0 aromatic carbocycles. The van der Waals surface area contributed by atoms with Gasteiger partial charge in [0, 0.05) is 5.03 Å². The Kier molecular flexibility index (Phi) is 2.66. The number of allylic oxidation sites excluding steroid dienone is 6. The maximum atomic E-state index is 10.9. The van der Waals surface area contributed by atoms with E-state index >= 15 is 0 Å². The third kappa shape index (κ3) is 2.35. The summed E-state index contributed by atoms with van der Waals surface area (Å²) in [5.74, 6) is 0.109. The molecule has 2 heteroatoms. The summed E-state index contributed by atoms with van der Waals surface area (Å²) in [4.78, 5) is 10.9. The third-order valence-electron chi connectivity index (χ3n) is 1.51. The van der Waals surface area contributed by atoms with Crippen LogP contribution >= 0.6 is 11.6 Å². The molecule has 0 aromatic heterocycles. The molecule has 0 fully saturated rings. The molecule has 0 bridgehead atoms. The first kappa shape index (κ1) is 8.28. The van der Waals surface area contributed by atoms with Crippen molar-refractivity contribution in [2.24, 2.45) is 0 Å². The van der Waals surface area contributed by atoms with Crippen LogP contribution in [0.1, 0.15) is 13.3 Å². The van der Waals surface area contributed by atoms with Crippen molar-refractivity contribution in [3.05, 3.63) is 34.9 Å². The van der Waals surface area contributed by atoms with Crippen LogP contribution < -0.4 is 0 Å². The molecule has 0 aromatic rings. The molecule has 1 rings (SSSR count). The average molecular weight is 169 g/mol. The van der Waals surface area contributed by atoms with Crippen molar-refractivity contribution in [3.63, 3.8) is 0 Å². The second kappa shape index (κ2) is 3.54. The molecule has 0 saturated carbocycles. The van der Waals surface area contributed by atoms with E-state index < -0.39 is 0 Å². The summed E-state index contributed by atoms with van der Waals surface area (Å²) in [5.41, 5.74) is 0.803. The standard InChI is InChI=1S/C9H9ClO/c1-7(11)8-3-2-4-9(10)6-5-8/h2,4-6H,3H2,1H3. The Balaban J connectivity index is 2.86. The van der Waals surface area contributed by atoms with Gasteiger partial charge in [0.05, 0.1) is 0 Å². The van der Waals surface area contributed by atoms with E-state index in [9.17, 15) is 4.79 Å². The van der Waals surface area contributed by atoms with E-state index in [0.29, 0.717) is 11.5 Å². The van der Waals surface area contributed by atoms with Crippen molar-refractivity contribution >= 4 is 17.4 Å². The van der Waals surface area contributed by atoms with Gasteiger partial charge in [-0.25, -0.2) is 0 Å². The number of carbonyl (C=O) groups is 1. The first-order valence-electron chi connectivity index (χ1n) is 3.44. The minimum Gasteiger partial charge on any atom is -0.295 e. The molecule has 0 amide bonds. The highest BCUT2D eigenvalue weighted by Gasteiger charge is 2.01. The summed E-state index contributed by atoms with van der Waals surface area (Å²) in [7, 11) is 0. The van der Waals surface area contributed by atoms with Gasteiger partial charge in [-0.05, 0) is 31.1 Å². The van der Waals surface area contributed by atoms with E-state index in [1.807, 2.05) is 6.08 Å². The molecule has 1 nitrogen and oxygen atoms in total. The van der Waals surface area contributed by atoms with Crippen LogP contribution in [0.3, 0.4) is 0 Å². The van der Waals surface area contributed by atoms with Gasteiger partial charge in [0.2, 0.25) is 0 Å². The van der Waals surface area contributed by atoms with Crippen LogP contribution in [0.15, 0.2) is 34.9 Å². The second-order valence-corrected chi connectivity index (χ2v) is 2.84. The highest BCUT2D eigenvalue weighted by atomic mass is 35.5. The lowest BCUT2D eigenvalue weighted by atomic mass is 10.1. The largest absolute Gasteiger partial charge is 0.295 e. The fourth-order valence-electron chi connectivity index (χ4n) is 0.863. The van der Waals surface area contributed by atoms with E-state index in [2.05, 4.69) is 0 Å². The van der Waals surface area contributed by atoms with Gasteiger partial charge in [0.25, 0.3) is 0 Å². The lowest BCUT2D eigenvalue weighted by Crippen LogP contribution is -1.93. The molecule has 11 heavy (non-hydrogen) atoms. The van der Waals surface area contributed by atoms with Crippen molar-refractivity contribution in [1.29, 1.82) is 0 Å². The van der Waals surface area contributed by atoms with Gasteiger partial charge in [-0.3, -0.25) is 4.79 Å².